The van der Waals surface area contributed by atoms with Crippen LogP contribution >= 0.6 is 15.9 Å². The highest BCUT2D eigenvalue weighted by molar-refractivity contribution is 9.10. The predicted molar refractivity (Wildman–Crippen MR) is 71.3 cm³/mol. The molecule has 1 aromatic carbocycles. The number of hydrogen-bond acceptors (Lipinski definition) is 3. The maximum absolute atomic E-state index is 12.0. The molecule has 0 aliphatic heterocycles. The monoisotopic (exact) mass is 349 g/mol. The molecule has 2 N–H and O–H groups in total. The molecule has 0 atom stereocenters. The smallest absolute Gasteiger partial charge is 0.406 e. The second-order valence-electron chi connectivity index (χ2n) is 4.13. The SMILES string of the molecule is Cc1nn(Cc2ccc(OC(F)(F)F)cc2)c(N)c1Br. The molecular formula is C12H11BrF3N3O. The molecule has 0 unspecified atom stereocenters. The third kappa shape index (κ3) is 3.44. The Balaban J connectivity index is 2.13. The highest BCUT2D eigenvalue weighted by atomic mass is 79.9. The van der Waals surface area contributed by atoms with Gasteiger partial charge in [-0.2, -0.15) is 5.10 Å². The van der Waals surface area contributed by atoms with Gasteiger partial charge in [-0.05, 0) is 40.5 Å². The van der Waals surface area contributed by atoms with Crippen LogP contribution in [-0.4, -0.2) is 16.1 Å². The van der Waals surface area contributed by atoms with Crippen molar-refractivity contribution in [3.8, 4) is 5.75 Å². The Morgan fingerprint density at radius 1 is 1.30 bits per heavy atom. The number of nitrogen functional groups attached to an aromatic ring is 1. The van der Waals surface area contributed by atoms with Crippen LogP contribution in [0.25, 0.3) is 0 Å². The number of nitrogens with zero attached hydrogens (tertiary/aromatic N) is 2. The zero-order valence-corrected chi connectivity index (χ0v) is 12.0. The Kier molecular flexibility index (Phi) is 3.94. The lowest BCUT2D eigenvalue weighted by Gasteiger charge is -2.09. The first-order valence-corrected chi connectivity index (χ1v) is 6.38. The zero-order chi connectivity index (χ0) is 14.9. The number of ether oxygens (including phenoxy) is 1. The molecule has 0 fully saturated rings. The van der Waals surface area contributed by atoms with Crippen molar-refractivity contribution in [2.24, 2.45) is 0 Å². The van der Waals surface area contributed by atoms with Crippen molar-refractivity contribution in [2.45, 2.75) is 19.8 Å². The summed E-state index contributed by atoms with van der Waals surface area (Å²) in [5, 5.41) is 4.22. The van der Waals surface area contributed by atoms with Gasteiger partial charge in [0.15, 0.2) is 0 Å². The standard InChI is InChI=1S/C12H11BrF3N3O/c1-7-10(13)11(17)19(18-7)6-8-2-4-9(5-3-8)20-12(14,15)16/h2-5H,6,17H2,1H3. The molecule has 8 heteroatoms. The summed E-state index contributed by atoms with van der Waals surface area (Å²) in [7, 11) is 0. The van der Waals surface area contributed by atoms with Crippen LogP contribution in [0.5, 0.6) is 5.75 Å². The first-order chi connectivity index (χ1) is 9.26. The Morgan fingerprint density at radius 2 is 1.90 bits per heavy atom. The molecule has 2 aromatic rings. The van der Waals surface area contributed by atoms with Crippen LogP contribution in [0, 0.1) is 6.92 Å². The molecule has 0 spiro atoms. The van der Waals surface area contributed by atoms with Crippen LogP contribution in [0.4, 0.5) is 19.0 Å². The van der Waals surface area contributed by atoms with E-state index in [2.05, 4.69) is 25.8 Å². The number of halogens is 4. The Labute approximate surface area is 121 Å². The lowest BCUT2D eigenvalue weighted by Crippen LogP contribution is -2.17. The average Bonchev–Trinajstić information content (AvgIpc) is 2.58. The van der Waals surface area contributed by atoms with Gasteiger partial charge in [0.05, 0.1) is 16.7 Å². The van der Waals surface area contributed by atoms with E-state index in [4.69, 9.17) is 5.73 Å². The van der Waals surface area contributed by atoms with E-state index in [1.54, 1.807) is 11.6 Å². The summed E-state index contributed by atoms with van der Waals surface area (Å²) < 4.78 is 42.2. The van der Waals surface area contributed by atoms with E-state index in [0.717, 1.165) is 15.7 Å². The number of alkyl halides is 3. The van der Waals surface area contributed by atoms with Gasteiger partial charge in [0, 0.05) is 0 Å². The number of nitrogens with two attached hydrogens (primary N) is 1. The number of anilines is 1. The van der Waals surface area contributed by atoms with Crippen molar-refractivity contribution in [3.05, 3.63) is 40.0 Å². The fourth-order valence-electron chi connectivity index (χ4n) is 1.67. The number of aromatic nitrogens is 2. The lowest BCUT2D eigenvalue weighted by molar-refractivity contribution is -0.274. The van der Waals surface area contributed by atoms with Gasteiger partial charge in [-0.1, -0.05) is 12.1 Å². The van der Waals surface area contributed by atoms with Gasteiger partial charge in [0.1, 0.15) is 11.6 Å². The van der Waals surface area contributed by atoms with Crippen LogP contribution in [0.3, 0.4) is 0 Å². The molecule has 0 saturated heterocycles. The summed E-state index contributed by atoms with van der Waals surface area (Å²) in [6.07, 6.45) is -4.68. The molecule has 108 valence electrons. The molecule has 0 aliphatic carbocycles. The van der Waals surface area contributed by atoms with Crippen LogP contribution in [0.2, 0.25) is 0 Å². The van der Waals surface area contributed by atoms with Crippen LogP contribution in [0.1, 0.15) is 11.3 Å². The third-order valence-electron chi connectivity index (χ3n) is 2.58. The second-order valence-corrected chi connectivity index (χ2v) is 4.93. The first kappa shape index (κ1) is 14.7. The fourth-order valence-corrected chi connectivity index (χ4v) is 1.95. The van der Waals surface area contributed by atoms with Gasteiger partial charge in [-0.15, -0.1) is 13.2 Å². The number of hydrogen-bond donors (Lipinski definition) is 1. The van der Waals surface area contributed by atoms with Gasteiger partial charge < -0.3 is 10.5 Å². The molecule has 2 rings (SSSR count). The third-order valence-corrected chi connectivity index (χ3v) is 3.56. The molecule has 0 bridgehead atoms. The molecule has 0 aliphatic rings. The number of rotatable bonds is 3. The van der Waals surface area contributed by atoms with E-state index in [1.165, 1.54) is 24.3 Å². The lowest BCUT2D eigenvalue weighted by atomic mass is 10.2. The summed E-state index contributed by atoms with van der Waals surface area (Å²) in [6.45, 7) is 2.17. The van der Waals surface area contributed by atoms with E-state index >= 15 is 0 Å². The minimum atomic E-state index is -4.68. The largest absolute Gasteiger partial charge is 0.573 e. The zero-order valence-electron chi connectivity index (χ0n) is 10.4. The summed E-state index contributed by atoms with van der Waals surface area (Å²) in [6, 6.07) is 5.58. The maximum Gasteiger partial charge on any atom is 0.573 e. The molecule has 1 aromatic heterocycles. The van der Waals surface area contributed by atoms with Gasteiger partial charge in [-0.25, -0.2) is 4.68 Å². The van der Waals surface area contributed by atoms with Gasteiger partial charge in [0.2, 0.25) is 0 Å². The summed E-state index contributed by atoms with van der Waals surface area (Å²) in [5.74, 6) is 0.213. The summed E-state index contributed by atoms with van der Waals surface area (Å²) in [4.78, 5) is 0. The number of benzene rings is 1. The van der Waals surface area contributed by atoms with E-state index in [-0.39, 0.29) is 5.75 Å². The van der Waals surface area contributed by atoms with Crippen molar-refractivity contribution in [1.29, 1.82) is 0 Å². The maximum atomic E-state index is 12.0. The molecule has 0 saturated carbocycles. The highest BCUT2D eigenvalue weighted by Crippen LogP contribution is 2.25. The van der Waals surface area contributed by atoms with Crippen LogP contribution in [0.15, 0.2) is 28.7 Å². The van der Waals surface area contributed by atoms with E-state index in [9.17, 15) is 13.2 Å². The van der Waals surface area contributed by atoms with Crippen molar-refractivity contribution in [3.63, 3.8) is 0 Å². The van der Waals surface area contributed by atoms with Crippen molar-refractivity contribution < 1.29 is 17.9 Å². The second kappa shape index (κ2) is 5.35. The fraction of sp³-hybridized carbons (Fsp3) is 0.250. The Hall–Kier alpha value is -1.70. The van der Waals surface area contributed by atoms with E-state index in [1.807, 2.05) is 0 Å². The van der Waals surface area contributed by atoms with Crippen LogP contribution < -0.4 is 10.5 Å². The minimum absolute atomic E-state index is 0.257. The Bertz CT molecular complexity index is 608. The minimum Gasteiger partial charge on any atom is -0.406 e. The summed E-state index contributed by atoms with van der Waals surface area (Å²) in [5.41, 5.74) is 7.36. The first-order valence-electron chi connectivity index (χ1n) is 5.59. The van der Waals surface area contributed by atoms with Crippen molar-refractivity contribution >= 4 is 21.7 Å². The van der Waals surface area contributed by atoms with Crippen molar-refractivity contribution in [1.82, 2.24) is 9.78 Å². The molecular weight excluding hydrogens is 339 g/mol. The molecule has 20 heavy (non-hydrogen) atoms. The van der Waals surface area contributed by atoms with E-state index < -0.39 is 6.36 Å². The molecule has 0 amide bonds. The predicted octanol–water partition coefficient (Wildman–Crippen LogP) is 3.48. The summed E-state index contributed by atoms with van der Waals surface area (Å²) >= 11 is 3.30. The topological polar surface area (TPSA) is 53.1 Å². The Morgan fingerprint density at radius 3 is 2.35 bits per heavy atom. The highest BCUT2D eigenvalue weighted by Gasteiger charge is 2.30. The van der Waals surface area contributed by atoms with Crippen LogP contribution in [-0.2, 0) is 6.54 Å². The van der Waals surface area contributed by atoms with E-state index in [0.29, 0.717) is 12.4 Å². The molecule has 4 nitrogen and oxygen atoms in total. The van der Waals surface area contributed by atoms with Gasteiger partial charge in [0.25, 0.3) is 0 Å². The quantitative estimate of drug-likeness (QED) is 0.922. The molecule has 1 heterocycles. The van der Waals surface area contributed by atoms with Gasteiger partial charge >= 0.3 is 6.36 Å². The van der Waals surface area contributed by atoms with Crippen molar-refractivity contribution in [2.75, 3.05) is 5.73 Å². The number of aryl methyl sites for hydroxylation is 1. The average molecular weight is 350 g/mol. The molecule has 0 radical (unpaired) electrons. The van der Waals surface area contributed by atoms with Gasteiger partial charge in [-0.3, -0.25) is 0 Å². The normalized spacial score (nSPS) is 11.7.